The molecule has 3 rings (SSSR count). The van der Waals surface area contributed by atoms with Gasteiger partial charge in [0.05, 0.1) is 19.3 Å². The molecule has 3 N–H and O–H groups in total. The number of carbonyl (C=O) groups excluding carboxylic acids is 1. The summed E-state index contributed by atoms with van der Waals surface area (Å²) in [6.07, 6.45) is 0.480. The van der Waals surface area contributed by atoms with Crippen molar-refractivity contribution in [3.05, 3.63) is 65.2 Å². The summed E-state index contributed by atoms with van der Waals surface area (Å²) in [6.45, 7) is 1.72. The number of methoxy groups -OCH3 is 1. The number of anilines is 1. The third kappa shape index (κ3) is 9.27. The zero-order chi connectivity index (χ0) is 27.9. The van der Waals surface area contributed by atoms with Gasteiger partial charge in [-0.1, -0.05) is 47.5 Å². The van der Waals surface area contributed by atoms with Crippen molar-refractivity contribution in [1.29, 1.82) is 10.8 Å². The van der Waals surface area contributed by atoms with Gasteiger partial charge in [-0.15, -0.1) is 11.6 Å². The zero-order valence-corrected chi connectivity index (χ0v) is 25.0. The van der Waals surface area contributed by atoms with Crippen LogP contribution in [-0.4, -0.2) is 45.9 Å². The molecule has 2 aromatic rings. The monoisotopic (exact) mass is 737 g/mol. The SMILES string of the molecule is COC(=N)/C(=C\C(=N)Cl)C(C)n1cc(NC(=O)C(O[N-]Cc2ccccc2)C2CCC(F)(F)CC2)c(F)n1.[W]. The van der Waals surface area contributed by atoms with E-state index in [2.05, 4.69) is 15.9 Å². The Hall–Kier alpha value is -2.53. The topological polar surface area (TPSA) is 127 Å². The van der Waals surface area contributed by atoms with Crippen LogP contribution in [0.1, 0.15) is 44.2 Å². The van der Waals surface area contributed by atoms with E-state index in [1.165, 1.54) is 19.4 Å². The van der Waals surface area contributed by atoms with Crippen molar-refractivity contribution in [2.75, 3.05) is 12.4 Å². The van der Waals surface area contributed by atoms with E-state index in [1.54, 1.807) is 6.92 Å². The minimum absolute atomic E-state index is 0. The van der Waals surface area contributed by atoms with Crippen LogP contribution in [0.4, 0.5) is 18.9 Å². The number of hydrogen-bond acceptors (Lipinski definition) is 6. The Bertz CT molecular complexity index is 1170. The molecule has 1 heterocycles. The van der Waals surface area contributed by atoms with Gasteiger partial charge in [0.2, 0.25) is 11.8 Å². The number of halogens is 4. The van der Waals surface area contributed by atoms with Crippen LogP contribution >= 0.6 is 11.6 Å². The maximum absolute atomic E-state index is 14.7. The van der Waals surface area contributed by atoms with Crippen molar-refractivity contribution in [3.8, 4) is 0 Å². The molecular weight excluding hydrogens is 709 g/mol. The molecule has 1 aromatic heterocycles. The minimum atomic E-state index is -2.80. The number of rotatable bonds is 11. The summed E-state index contributed by atoms with van der Waals surface area (Å²) < 4.78 is 48.3. The number of benzene rings is 1. The van der Waals surface area contributed by atoms with Crippen molar-refractivity contribution >= 4 is 34.3 Å². The number of carbonyl (C=O) groups is 1. The van der Waals surface area contributed by atoms with E-state index in [-0.39, 0.29) is 75.6 Å². The molecule has 1 saturated carbocycles. The number of aromatic nitrogens is 2. The van der Waals surface area contributed by atoms with Crippen molar-refractivity contribution in [2.24, 2.45) is 5.92 Å². The van der Waals surface area contributed by atoms with Gasteiger partial charge in [-0.25, -0.2) is 8.78 Å². The van der Waals surface area contributed by atoms with Crippen LogP contribution in [0.5, 0.6) is 0 Å². The third-order valence-corrected chi connectivity index (χ3v) is 6.38. The van der Waals surface area contributed by atoms with Crippen LogP contribution in [0, 0.1) is 22.7 Å². The first-order chi connectivity index (χ1) is 18.0. The first kappa shape index (κ1) is 32.7. The number of amides is 1. The second kappa shape index (κ2) is 14.7. The van der Waals surface area contributed by atoms with E-state index in [0.29, 0.717) is 0 Å². The molecule has 0 spiro atoms. The van der Waals surface area contributed by atoms with E-state index in [9.17, 15) is 18.0 Å². The first-order valence-electron chi connectivity index (χ1n) is 11.9. The molecule has 212 valence electrons. The molecule has 1 amide bonds. The van der Waals surface area contributed by atoms with Crippen LogP contribution in [0.15, 0.2) is 48.2 Å². The summed E-state index contributed by atoms with van der Waals surface area (Å²) in [5.74, 6) is -5.40. The minimum Gasteiger partial charge on any atom is -0.530 e. The average Bonchev–Trinajstić information content (AvgIpc) is 3.25. The van der Waals surface area contributed by atoms with Crippen LogP contribution in [0.25, 0.3) is 5.48 Å². The summed E-state index contributed by atoms with van der Waals surface area (Å²) in [4.78, 5) is 18.7. The molecule has 0 aliphatic heterocycles. The van der Waals surface area contributed by atoms with Crippen LogP contribution in [-0.2, 0) is 42.0 Å². The first-order valence-corrected chi connectivity index (χ1v) is 12.3. The van der Waals surface area contributed by atoms with Gasteiger partial charge in [-0.2, -0.15) is 4.39 Å². The summed E-state index contributed by atoms with van der Waals surface area (Å²) in [5.41, 5.74) is 4.72. The van der Waals surface area contributed by atoms with Gasteiger partial charge in [0, 0.05) is 39.5 Å². The zero-order valence-electron chi connectivity index (χ0n) is 21.3. The van der Waals surface area contributed by atoms with Gasteiger partial charge in [0.15, 0.2) is 0 Å². The average molecular weight is 738 g/mol. The summed E-state index contributed by atoms with van der Waals surface area (Å²) in [6, 6.07) is 8.36. The van der Waals surface area contributed by atoms with E-state index in [4.69, 9.17) is 32.0 Å². The van der Waals surface area contributed by atoms with E-state index in [1.807, 2.05) is 30.3 Å². The molecule has 1 aliphatic rings. The van der Waals surface area contributed by atoms with Crippen LogP contribution < -0.4 is 5.32 Å². The van der Waals surface area contributed by atoms with E-state index >= 15 is 0 Å². The largest absolute Gasteiger partial charge is 0.530 e. The number of hydroxylamine groups is 1. The normalized spacial score (nSPS) is 17.0. The van der Waals surface area contributed by atoms with Crippen molar-refractivity contribution in [3.63, 3.8) is 0 Å². The molecule has 14 heteroatoms. The van der Waals surface area contributed by atoms with Crippen molar-refractivity contribution < 1.29 is 48.6 Å². The molecule has 9 nitrogen and oxygen atoms in total. The fraction of sp³-hybridized carbons (Fsp3) is 0.440. The number of hydrogen-bond donors (Lipinski definition) is 3. The van der Waals surface area contributed by atoms with Crippen LogP contribution in [0.2, 0.25) is 0 Å². The molecule has 1 aliphatic carbocycles. The van der Waals surface area contributed by atoms with Crippen molar-refractivity contribution in [2.45, 2.75) is 57.2 Å². The third-order valence-electron chi connectivity index (χ3n) is 6.27. The fourth-order valence-corrected chi connectivity index (χ4v) is 4.23. The Morgan fingerprint density at radius 3 is 2.54 bits per heavy atom. The molecule has 1 fully saturated rings. The molecule has 1 aromatic carbocycles. The Kier molecular flexibility index (Phi) is 12.4. The predicted molar refractivity (Wildman–Crippen MR) is 137 cm³/mol. The Morgan fingerprint density at radius 1 is 1.31 bits per heavy atom. The van der Waals surface area contributed by atoms with Gasteiger partial charge in [0.1, 0.15) is 17.0 Å². The number of ether oxygens (including phenoxy) is 1. The summed E-state index contributed by atoms with van der Waals surface area (Å²) in [7, 11) is 1.26. The van der Waals surface area contributed by atoms with Crippen molar-refractivity contribution in [1.82, 2.24) is 9.78 Å². The van der Waals surface area contributed by atoms with E-state index < -0.39 is 35.8 Å². The number of alkyl halides is 2. The summed E-state index contributed by atoms with van der Waals surface area (Å²) >= 11 is 5.64. The summed E-state index contributed by atoms with van der Waals surface area (Å²) in [5, 5.41) is 21.2. The molecular formula is C25H29ClF3N6O3W-. The smallest absolute Gasteiger partial charge is 0.256 e. The van der Waals surface area contributed by atoms with Gasteiger partial charge in [0.25, 0.3) is 11.9 Å². The molecule has 2 atom stereocenters. The number of allylic oxidation sites excluding steroid dienone is 1. The second-order valence-electron chi connectivity index (χ2n) is 8.95. The van der Waals surface area contributed by atoms with Gasteiger partial charge in [-0.3, -0.25) is 20.3 Å². The van der Waals surface area contributed by atoms with Gasteiger partial charge in [-0.05, 0) is 31.8 Å². The number of nitrogens with one attached hydrogen (secondary N) is 3. The molecule has 2 unspecified atom stereocenters. The fourth-order valence-electron chi connectivity index (χ4n) is 4.12. The second-order valence-corrected chi connectivity index (χ2v) is 9.36. The van der Waals surface area contributed by atoms with E-state index in [0.717, 1.165) is 10.2 Å². The van der Waals surface area contributed by atoms with Crippen LogP contribution in [0.3, 0.4) is 0 Å². The maximum Gasteiger partial charge on any atom is 0.256 e. The Labute approximate surface area is 243 Å². The van der Waals surface area contributed by atoms with Gasteiger partial charge < -0.3 is 20.4 Å². The predicted octanol–water partition coefficient (Wildman–Crippen LogP) is 5.98. The Balaban J connectivity index is 0.00000533. The molecule has 39 heavy (non-hydrogen) atoms. The molecule has 0 saturated heterocycles. The standard InChI is InChI=1S/C25H29ClF3N6O3.W/c1-15(18(12-20(26)30)23(31)37-2)35-14-19(22(27)34-35)33-24(36)21(17-8-10-25(28,29)11-9-17)38-32-13-16-6-4-3-5-7-16;/h3-7,12,14-15,17,21,30-31H,8-11,13H2,1-2H3,(H,33,36);/q-1;/b18-12-,30-20?,31-23?;. The number of nitrogens with zero attached hydrogens (tertiary/aromatic N) is 3. The Morgan fingerprint density at radius 2 is 1.95 bits per heavy atom. The molecule has 0 bridgehead atoms. The quantitative estimate of drug-likeness (QED) is 0.149. The van der Waals surface area contributed by atoms with Gasteiger partial charge >= 0.3 is 0 Å². The molecule has 0 radical (unpaired) electrons. The maximum atomic E-state index is 14.7.